The number of carbonyl (C=O) groups excluding carboxylic acids is 1. The minimum Gasteiger partial charge on any atom is -0.520 e. The predicted molar refractivity (Wildman–Crippen MR) is 142 cm³/mol. The van der Waals surface area contributed by atoms with E-state index in [1.807, 2.05) is 0 Å². The molecular formula is C24H54O4Si3. The molecule has 0 aliphatic carbocycles. The Balaban J connectivity index is 5.56. The maximum absolute atomic E-state index is 12.9. The van der Waals surface area contributed by atoms with Gasteiger partial charge in [-0.25, -0.2) is 0 Å². The monoisotopic (exact) mass is 490 g/mol. The van der Waals surface area contributed by atoms with Crippen LogP contribution in [0.15, 0.2) is 0 Å². The molecule has 0 amide bonds. The number of hydrogen-bond acceptors (Lipinski definition) is 4. The zero-order valence-corrected chi connectivity index (χ0v) is 26.1. The predicted octanol–water partition coefficient (Wildman–Crippen LogP) is 7.83. The number of rotatable bonds is 15. The second-order valence-electron chi connectivity index (χ2n) is 13.0. The number of carbonyl (C=O) groups is 1. The largest absolute Gasteiger partial charge is 0.520 e. The van der Waals surface area contributed by atoms with Crippen LogP contribution < -0.4 is 0 Å². The van der Waals surface area contributed by atoms with Crippen LogP contribution in [0.3, 0.4) is 0 Å². The molecule has 0 aromatic rings. The van der Waals surface area contributed by atoms with E-state index in [9.17, 15) is 4.79 Å². The maximum atomic E-state index is 12.9. The third-order valence-electron chi connectivity index (χ3n) is 5.03. The fourth-order valence-electron chi connectivity index (χ4n) is 3.95. The standard InChI is InChI=1S/C24H54O4Si3/c1-20(2)15-14-16-21(3)17-18-22(26-29(5,6)7)24(4,28-31(11,12)13)19-23(25)27-30(8,9)10/h20-22H,14-19H2,1-13H3. The topological polar surface area (TPSA) is 44.8 Å². The van der Waals surface area contributed by atoms with Gasteiger partial charge in [0.25, 0.3) is 5.97 Å². The van der Waals surface area contributed by atoms with Crippen LogP contribution in [0.25, 0.3) is 0 Å². The van der Waals surface area contributed by atoms with Crippen molar-refractivity contribution in [2.45, 2.75) is 137 Å². The minimum absolute atomic E-state index is 0.0902. The van der Waals surface area contributed by atoms with Crippen molar-refractivity contribution in [1.29, 1.82) is 0 Å². The highest BCUT2D eigenvalue weighted by Crippen LogP contribution is 2.34. The normalized spacial score (nSPS) is 17.4. The van der Waals surface area contributed by atoms with Crippen molar-refractivity contribution < 1.29 is 18.1 Å². The molecule has 0 rings (SSSR count). The molecule has 3 atom stereocenters. The quantitative estimate of drug-likeness (QED) is 0.219. The third-order valence-corrected chi connectivity index (χ3v) is 7.94. The molecule has 3 unspecified atom stereocenters. The average molecular weight is 491 g/mol. The van der Waals surface area contributed by atoms with Crippen molar-refractivity contribution in [3.8, 4) is 0 Å². The van der Waals surface area contributed by atoms with Gasteiger partial charge >= 0.3 is 0 Å². The van der Waals surface area contributed by atoms with Crippen LogP contribution >= 0.6 is 0 Å². The molecule has 186 valence electrons. The SMILES string of the molecule is CC(C)CCCC(C)CCC(O[Si](C)(C)C)C(C)(CC(=O)O[Si](C)(C)C)O[Si](C)(C)C. The second-order valence-corrected chi connectivity index (χ2v) is 26.3. The van der Waals surface area contributed by atoms with Gasteiger partial charge in [-0.15, -0.1) is 0 Å². The van der Waals surface area contributed by atoms with Crippen LogP contribution in [0.4, 0.5) is 0 Å². The Morgan fingerprint density at radius 3 is 1.74 bits per heavy atom. The fraction of sp³-hybridized carbons (Fsp3) is 0.958. The molecule has 0 aromatic carbocycles. The van der Waals surface area contributed by atoms with Gasteiger partial charge in [0.2, 0.25) is 8.32 Å². The molecule has 4 nitrogen and oxygen atoms in total. The molecule has 0 saturated heterocycles. The molecule has 0 N–H and O–H groups in total. The second kappa shape index (κ2) is 12.5. The summed E-state index contributed by atoms with van der Waals surface area (Å²) in [5.74, 6) is 1.27. The molecule has 0 bridgehead atoms. The van der Waals surface area contributed by atoms with E-state index in [-0.39, 0.29) is 18.5 Å². The van der Waals surface area contributed by atoms with E-state index in [2.05, 4.69) is 86.6 Å². The van der Waals surface area contributed by atoms with Gasteiger partial charge in [-0.3, -0.25) is 4.79 Å². The highest BCUT2D eigenvalue weighted by atomic mass is 28.4. The van der Waals surface area contributed by atoms with Crippen molar-refractivity contribution in [3.63, 3.8) is 0 Å². The van der Waals surface area contributed by atoms with Gasteiger partial charge in [0, 0.05) is 0 Å². The Bertz CT molecular complexity index is 532. The number of hydrogen-bond donors (Lipinski definition) is 0. The van der Waals surface area contributed by atoms with E-state index in [1.165, 1.54) is 19.3 Å². The fourth-order valence-corrected chi connectivity index (χ4v) is 7.53. The van der Waals surface area contributed by atoms with E-state index < -0.39 is 30.6 Å². The lowest BCUT2D eigenvalue weighted by atomic mass is 9.88. The molecule has 0 saturated carbocycles. The first-order valence-electron chi connectivity index (χ1n) is 12.3. The van der Waals surface area contributed by atoms with Crippen molar-refractivity contribution >= 4 is 30.9 Å². The summed E-state index contributed by atoms with van der Waals surface area (Å²) in [4.78, 5) is 12.9. The summed E-state index contributed by atoms with van der Waals surface area (Å²) < 4.78 is 19.2. The van der Waals surface area contributed by atoms with Gasteiger partial charge < -0.3 is 13.3 Å². The van der Waals surface area contributed by atoms with E-state index in [1.54, 1.807) is 0 Å². The van der Waals surface area contributed by atoms with E-state index in [4.69, 9.17) is 13.3 Å². The van der Waals surface area contributed by atoms with Crippen molar-refractivity contribution in [2.24, 2.45) is 11.8 Å². The molecule has 0 heterocycles. The lowest BCUT2D eigenvalue weighted by Crippen LogP contribution is -2.54. The summed E-state index contributed by atoms with van der Waals surface area (Å²) in [7, 11) is -5.68. The zero-order valence-electron chi connectivity index (χ0n) is 23.1. The summed E-state index contributed by atoms with van der Waals surface area (Å²) in [6, 6.07) is 0. The van der Waals surface area contributed by atoms with Crippen molar-refractivity contribution in [2.75, 3.05) is 0 Å². The Hall–Kier alpha value is 0.0406. The smallest absolute Gasteiger partial charge is 0.295 e. The lowest BCUT2D eigenvalue weighted by molar-refractivity contribution is -0.143. The maximum Gasteiger partial charge on any atom is 0.295 e. The highest BCUT2D eigenvalue weighted by Gasteiger charge is 2.44. The molecule has 31 heavy (non-hydrogen) atoms. The first kappa shape index (κ1) is 31.0. The summed E-state index contributed by atoms with van der Waals surface area (Å²) in [5, 5.41) is 0. The van der Waals surface area contributed by atoms with Crippen LogP contribution in [0.5, 0.6) is 0 Å². The summed E-state index contributed by atoms with van der Waals surface area (Å²) in [6.07, 6.45) is 6.02. The lowest BCUT2D eigenvalue weighted by Gasteiger charge is -2.44. The van der Waals surface area contributed by atoms with Gasteiger partial charge in [0.1, 0.15) is 0 Å². The summed E-state index contributed by atoms with van der Waals surface area (Å²) in [5.41, 5.74) is -0.654. The molecule has 0 aromatic heterocycles. The molecule has 0 spiro atoms. The Morgan fingerprint density at radius 1 is 0.774 bits per heavy atom. The van der Waals surface area contributed by atoms with Crippen molar-refractivity contribution in [3.05, 3.63) is 0 Å². The highest BCUT2D eigenvalue weighted by molar-refractivity contribution is 6.71. The van der Waals surface area contributed by atoms with E-state index in [0.29, 0.717) is 5.92 Å². The Kier molecular flexibility index (Phi) is 12.5. The Labute approximate surface area is 197 Å². The molecular weight excluding hydrogens is 437 g/mol. The van der Waals surface area contributed by atoms with Gasteiger partial charge in [-0.05, 0) is 90.5 Å². The molecule has 0 radical (unpaired) electrons. The Morgan fingerprint density at radius 2 is 1.32 bits per heavy atom. The van der Waals surface area contributed by atoms with Crippen LogP contribution in [-0.2, 0) is 18.1 Å². The summed E-state index contributed by atoms with van der Waals surface area (Å²) >= 11 is 0. The minimum atomic E-state index is -1.95. The summed E-state index contributed by atoms with van der Waals surface area (Å²) in [6.45, 7) is 28.4. The third kappa shape index (κ3) is 16.3. The van der Waals surface area contributed by atoms with E-state index in [0.717, 1.165) is 18.8 Å². The molecule has 0 aliphatic heterocycles. The zero-order chi connectivity index (χ0) is 24.7. The van der Waals surface area contributed by atoms with Crippen LogP contribution in [0.1, 0.15) is 66.2 Å². The average Bonchev–Trinajstić information content (AvgIpc) is 2.45. The van der Waals surface area contributed by atoms with E-state index >= 15 is 0 Å². The molecule has 0 aliphatic rings. The van der Waals surface area contributed by atoms with Crippen molar-refractivity contribution in [1.82, 2.24) is 0 Å². The first-order valence-corrected chi connectivity index (χ1v) is 22.5. The van der Waals surface area contributed by atoms with Gasteiger partial charge in [-0.2, -0.15) is 0 Å². The first-order chi connectivity index (χ1) is 13.7. The van der Waals surface area contributed by atoms with Gasteiger partial charge in [0.05, 0.1) is 18.1 Å². The molecule has 0 fully saturated rings. The van der Waals surface area contributed by atoms with Gasteiger partial charge in [-0.1, -0.05) is 40.0 Å². The van der Waals surface area contributed by atoms with Gasteiger partial charge in [0.15, 0.2) is 16.6 Å². The molecule has 7 heteroatoms. The van der Waals surface area contributed by atoms with Crippen LogP contribution in [0, 0.1) is 11.8 Å². The van der Waals surface area contributed by atoms with Crippen LogP contribution in [-0.4, -0.2) is 42.6 Å². The van der Waals surface area contributed by atoms with Crippen LogP contribution in [0.2, 0.25) is 58.9 Å².